The summed E-state index contributed by atoms with van der Waals surface area (Å²) in [5.41, 5.74) is 8.79. The minimum Gasteiger partial charge on any atom is -0.340 e. The molecule has 1 atom stereocenters. The molecule has 3 aromatic rings. The van der Waals surface area contributed by atoms with Gasteiger partial charge in [0.2, 0.25) is 0 Å². The van der Waals surface area contributed by atoms with Crippen molar-refractivity contribution in [1.29, 1.82) is 0 Å². The Bertz CT molecular complexity index is 678. The van der Waals surface area contributed by atoms with Gasteiger partial charge in [-0.3, -0.25) is 0 Å². The van der Waals surface area contributed by atoms with Gasteiger partial charge in [0.15, 0.2) is 0 Å². The fourth-order valence-corrected chi connectivity index (χ4v) is 2.03. The van der Waals surface area contributed by atoms with Gasteiger partial charge in [0.25, 0.3) is 0 Å². The van der Waals surface area contributed by atoms with Crippen molar-refractivity contribution >= 4 is 22.6 Å². The van der Waals surface area contributed by atoms with Gasteiger partial charge in [0.05, 0.1) is 17.8 Å². The molecular formula is C13H11ClN4. The Labute approximate surface area is 109 Å². The van der Waals surface area contributed by atoms with E-state index in [1.54, 1.807) is 12.3 Å². The summed E-state index contributed by atoms with van der Waals surface area (Å²) in [5.74, 6) is 0.709. The molecule has 1 aromatic carbocycles. The molecule has 0 fully saturated rings. The number of fused-ring (bicyclic) bond motifs is 1. The van der Waals surface area contributed by atoms with Crippen molar-refractivity contribution in [2.45, 2.75) is 6.04 Å². The number of pyridine rings is 1. The Morgan fingerprint density at radius 1 is 1.22 bits per heavy atom. The van der Waals surface area contributed by atoms with Gasteiger partial charge in [-0.2, -0.15) is 0 Å². The zero-order valence-electron chi connectivity index (χ0n) is 9.47. The lowest BCUT2D eigenvalue weighted by molar-refractivity contribution is 0.806. The standard InChI is InChI=1S/C13H11ClN4/c14-11-6-9-10(7-16-11)18-13(17-9)12(15)8-4-2-1-3-5-8/h1-7,12H,15H2,(H,17,18). The third-order valence-corrected chi connectivity index (χ3v) is 3.01. The van der Waals surface area contributed by atoms with Crippen LogP contribution in [0, 0.1) is 0 Å². The number of nitrogens with one attached hydrogen (secondary N) is 1. The summed E-state index contributed by atoms with van der Waals surface area (Å²) < 4.78 is 0. The molecule has 0 bridgehead atoms. The van der Waals surface area contributed by atoms with Crippen molar-refractivity contribution in [2.24, 2.45) is 5.73 Å². The highest BCUT2D eigenvalue weighted by atomic mass is 35.5. The molecule has 18 heavy (non-hydrogen) atoms. The number of imidazole rings is 1. The average molecular weight is 259 g/mol. The highest BCUT2D eigenvalue weighted by Gasteiger charge is 2.13. The number of halogens is 1. The molecule has 0 amide bonds. The van der Waals surface area contributed by atoms with Crippen LogP contribution in [0.15, 0.2) is 42.6 Å². The van der Waals surface area contributed by atoms with Crippen molar-refractivity contribution in [3.63, 3.8) is 0 Å². The number of H-pyrrole nitrogens is 1. The molecule has 1 unspecified atom stereocenters. The lowest BCUT2D eigenvalue weighted by atomic mass is 10.1. The fourth-order valence-electron chi connectivity index (χ4n) is 1.87. The third-order valence-electron chi connectivity index (χ3n) is 2.81. The number of nitrogens with two attached hydrogens (primary N) is 1. The monoisotopic (exact) mass is 258 g/mol. The molecular weight excluding hydrogens is 248 g/mol. The van der Waals surface area contributed by atoms with E-state index in [4.69, 9.17) is 17.3 Å². The van der Waals surface area contributed by atoms with E-state index in [1.165, 1.54) is 0 Å². The van der Waals surface area contributed by atoms with E-state index in [0.29, 0.717) is 11.0 Å². The molecule has 4 nitrogen and oxygen atoms in total. The van der Waals surface area contributed by atoms with Crippen molar-refractivity contribution in [2.75, 3.05) is 0 Å². The maximum absolute atomic E-state index is 6.17. The quantitative estimate of drug-likeness (QED) is 0.695. The number of benzene rings is 1. The smallest absolute Gasteiger partial charge is 0.131 e. The van der Waals surface area contributed by atoms with E-state index in [9.17, 15) is 0 Å². The summed E-state index contributed by atoms with van der Waals surface area (Å²) in [7, 11) is 0. The number of hydrogen-bond acceptors (Lipinski definition) is 3. The van der Waals surface area contributed by atoms with Crippen molar-refractivity contribution in [3.8, 4) is 0 Å². The minimum atomic E-state index is -0.280. The van der Waals surface area contributed by atoms with Gasteiger partial charge in [-0.1, -0.05) is 41.9 Å². The number of nitrogens with zero attached hydrogens (tertiary/aromatic N) is 2. The van der Waals surface area contributed by atoms with Gasteiger partial charge < -0.3 is 10.7 Å². The molecule has 2 heterocycles. The van der Waals surface area contributed by atoms with Crippen LogP contribution in [-0.2, 0) is 0 Å². The molecule has 0 spiro atoms. The maximum Gasteiger partial charge on any atom is 0.131 e. The predicted octanol–water partition coefficient (Wildman–Crippen LogP) is 2.66. The van der Waals surface area contributed by atoms with Crippen LogP contribution in [0.2, 0.25) is 5.15 Å². The molecule has 0 aliphatic rings. The first kappa shape index (κ1) is 11.2. The van der Waals surface area contributed by atoms with Crippen LogP contribution in [0.1, 0.15) is 17.4 Å². The molecule has 0 saturated heterocycles. The van der Waals surface area contributed by atoms with Crippen molar-refractivity contribution in [1.82, 2.24) is 15.0 Å². The highest BCUT2D eigenvalue weighted by molar-refractivity contribution is 6.29. The van der Waals surface area contributed by atoms with Gasteiger partial charge in [-0.25, -0.2) is 9.97 Å². The van der Waals surface area contributed by atoms with Gasteiger partial charge in [-0.05, 0) is 5.56 Å². The average Bonchev–Trinajstić information content (AvgIpc) is 2.81. The molecule has 90 valence electrons. The van der Waals surface area contributed by atoms with Crippen LogP contribution in [0.5, 0.6) is 0 Å². The first-order chi connectivity index (χ1) is 8.74. The first-order valence-corrected chi connectivity index (χ1v) is 5.93. The van der Waals surface area contributed by atoms with Gasteiger partial charge in [0, 0.05) is 6.07 Å². The Morgan fingerprint density at radius 2 is 2.00 bits per heavy atom. The Balaban J connectivity index is 2.04. The summed E-state index contributed by atoms with van der Waals surface area (Å²) in [6.45, 7) is 0. The summed E-state index contributed by atoms with van der Waals surface area (Å²) >= 11 is 5.83. The van der Waals surface area contributed by atoms with E-state index in [2.05, 4.69) is 15.0 Å². The largest absolute Gasteiger partial charge is 0.340 e. The lowest BCUT2D eigenvalue weighted by Crippen LogP contribution is -2.13. The van der Waals surface area contributed by atoms with Gasteiger partial charge in [-0.15, -0.1) is 0 Å². The van der Waals surface area contributed by atoms with E-state index in [0.717, 1.165) is 16.6 Å². The number of rotatable bonds is 2. The molecule has 3 rings (SSSR count). The van der Waals surface area contributed by atoms with Crippen molar-refractivity contribution < 1.29 is 0 Å². The van der Waals surface area contributed by atoms with E-state index >= 15 is 0 Å². The molecule has 0 radical (unpaired) electrons. The SMILES string of the molecule is NC(c1ccccc1)c1nc2cnc(Cl)cc2[nH]1. The zero-order chi connectivity index (χ0) is 12.5. The van der Waals surface area contributed by atoms with E-state index in [1.807, 2.05) is 30.3 Å². The van der Waals surface area contributed by atoms with E-state index < -0.39 is 0 Å². The second-order valence-corrected chi connectivity index (χ2v) is 4.42. The molecule has 0 aliphatic carbocycles. The Morgan fingerprint density at radius 3 is 2.78 bits per heavy atom. The summed E-state index contributed by atoms with van der Waals surface area (Å²) in [6.07, 6.45) is 1.63. The van der Waals surface area contributed by atoms with Crippen LogP contribution < -0.4 is 5.73 Å². The maximum atomic E-state index is 6.17. The second-order valence-electron chi connectivity index (χ2n) is 4.03. The molecule has 5 heteroatoms. The van der Waals surface area contributed by atoms with Gasteiger partial charge in [0.1, 0.15) is 16.5 Å². The summed E-state index contributed by atoms with van der Waals surface area (Å²) in [4.78, 5) is 11.6. The topological polar surface area (TPSA) is 67.6 Å². The summed E-state index contributed by atoms with van der Waals surface area (Å²) in [5, 5.41) is 0.436. The number of hydrogen-bond donors (Lipinski definition) is 2. The van der Waals surface area contributed by atoms with Crippen LogP contribution in [-0.4, -0.2) is 15.0 Å². The summed E-state index contributed by atoms with van der Waals surface area (Å²) in [6, 6.07) is 11.3. The normalized spacial score (nSPS) is 12.8. The first-order valence-electron chi connectivity index (χ1n) is 5.56. The third kappa shape index (κ3) is 1.96. The fraction of sp³-hybridized carbons (Fsp3) is 0.0769. The second kappa shape index (κ2) is 4.40. The van der Waals surface area contributed by atoms with Crippen LogP contribution in [0.3, 0.4) is 0 Å². The molecule has 0 saturated carbocycles. The zero-order valence-corrected chi connectivity index (χ0v) is 10.2. The molecule has 2 aromatic heterocycles. The molecule has 0 aliphatic heterocycles. The minimum absolute atomic E-state index is 0.280. The van der Waals surface area contributed by atoms with Crippen LogP contribution in [0.25, 0.3) is 11.0 Å². The highest BCUT2D eigenvalue weighted by Crippen LogP contribution is 2.21. The Kier molecular flexibility index (Phi) is 2.74. The van der Waals surface area contributed by atoms with Crippen LogP contribution in [0.4, 0.5) is 0 Å². The van der Waals surface area contributed by atoms with Gasteiger partial charge >= 0.3 is 0 Å². The lowest BCUT2D eigenvalue weighted by Gasteiger charge is -2.08. The Hall–Kier alpha value is -1.91. The predicted molar refractivity (Wildman–Crippen MR) is 71.4 cm³/mol. The number of aromatic amines is 1. The van der Waals surface area contributed by atoms with Crippen LogP contribution >= 0.6 is 11.6 Å². The number of aromatic nitrogens is 3. The van der Waals surface area contributed by atoms with E-state index in [-0.39, 0.29) is 6.04 Å². The molecule has 3 N–H and O–H groups in total. The van der Waals surface area contributed by atoms with Crippen molar-refractivity contribution in [3.05, 3.63) is 59.1 Å².